The van der Waals surface area contributed by atoms with Gasteiger partial charge >= 0.3 is 5.97 Å². The molecule has 0 saturated carbocycles. The summed E-state index contributed by atoms with van der Waals surface area (Å²) in [6.07, 6.45) is 2.71. The van der Waals surface area contributed by atoms with Crippen molar-refractivity contribution in [3.8, 4) is 0 Å². The fourth-order valence-electron chi connectivity index (χ4n) is 1.18. The average Bonchev–Trinajstić information content (AvgIpc) is 2.73. The second kappa shape index (κ2) is 5.24. The summed E-state index contributed by atoms with van der Waals surface area (Å²) in [6.45, 7) is 0.591. The van der Waals surface area contributed by atoms with Crippen LogP contribution in [0.5, 0.6) is 0 Å². The van der Waals surface area contributed by atoms with Gasteiger partial charge in [0.05, 0.1) is 18.9 Å². The molecule has 0 bridgehead atoms. The predicted molar refractivity (Wildman–Crippen MR) is 68.3 cm³/mol. The molecular formula is C10H8BrN3O2S. The number of aromatic nitrogens is 2. The van der Waals surface area contributed by atoms with Crippen molar-refractivity contribution in [2.75, 3.05) is 5.32 Å². The van der Waals surface area contributed by atoms with E-state index in [0.717, 1.165) is 9.35 Å². The molecule has 2 aromatic rings. The fourth-order valence-corrected chi connectivity index (χ4v) is 2.57. The molecule has 2 rings (SSSR count). The molecule has 0 radical (unpaired) electrons. The summed E-state index contributed by atoms with van der Waals surface area (Å²) in [4.78, 5) is 19.5. The van der Waals surface area contributed by atoms with Crippen molar-refractivity contribution < 1.29 is 9.90 Å². The molecule has 0 spiro atoms. The molecule has 0 amide bonds. The third-order valence-corrected chi connectivity index (χ3v) is 3.62. The Morgan fingerprint density at radius 2 is 2.35 bits per heavy atom. The van der Waals surface area contributed by atoms with Gasteiger partial charge in [0.25, 0.3) is 0 Å². The van der Waals surface area contributed by atoms with E-state index in [4.69, 9.17) is 5.11 Å². The average molecular weight is 314 g/mol. The zero-order valence-corrected chi connectivity index (χ0v) is 11.0. The van der Waals surface area contributed by atoms with Crippen molar-refractivity contribution in [3.63, 3.8) is 0 Å². The molecule has 0 aliphatic rings. The zero-order valence-electron chi connectivity index (χ0n) is 8.55. The number of carboxylic acids is 1. The van der Waals surface area contributed by atoms with Crippen LogP contribution in [-0.2, 0) is 6.54 Å². The van der Waals surface area contributed by atoms with Crippen LogP contribution in [-0.4, -0.2) is 21.0 Å². The highest BCUT2D eigenvalue weighted by Crippen LogP contribution is 2.20. The number of nitrogens with one attached hydrogen (secondary N) is 1. The van der Waals surface area contributed by atoms with Gasteiger partial charge in [0.15, 0.2) is 5.69 Å². The van der Waals surface area contributed by atoms with E-state index in [1.165, 1.54) is 12.4 Å². The van der Waals surface area contributed by atoms with Crippen LogP contribution in [0.15, 0.2) is 28.3 Å². The molecule has 2 heterocycles. The Hall–Kier alpha value is -1.47. The van der Waals surface area contributed by atoms with Crippen LogP contribution in [0, 0.1) is 0 Å². The second-order valence-electron chi connectivity index (χ2n) is 3.18. The Morgan fingerprint density at radius 3 is 3.00 bits per heavy atom. The number of carboxylic acid groups (broad SMARTS) is 1. The predicted octanol–water partition coefficient (Wildman–Crippen LogP) is 2.61. The first kappa shape index (κ1) is 12.0. The molecule has 0 aliphatic heterocycles. The molecule has 2 aromatic heterocycles. The molecule has 0 aromatic carbocycles. The monoisotopic (exact) mass is 313 g/mol. The SMILES string of the molecule is O=C(O)c1cncc(NCc2cc(Br)cs2)n1. The Balaban J connectivity index is 2.04. The quantitative estimate of drug-likeness (QED) is 0.907. The van der Waals surface area contributed by atoms with Gasteiger partial charge in [-0.3, -0.25) is 4.98 Å². The fraction of sp³-hybridized carbons (Fsp3) is 0.100. The van der Waals surface area contributed by atoms with Gasteiger partial charge < -0.3 is 10.4 Å². The molecular weight excluding hydrogens is 306 g/mol. The standard InChI is InChI=1S/C10H8BrN3O2S/c11-6-1-7(17-5-6)2-13-9-4-12-3-8(14-9)10(15)16/h1,3-5H,2H2,(H,13,14)(H,15,16). The summed E-state index contributed by atoms with van der Waals surface area (Å²) in [5.41, 5.74) is -0.0673. The molecule has 7 heteroatoms. The smallest absolute Gasteiger partial charge is 0.356 e. The van der Waals surface area contributed by atoms with Crippen molar-refractivity contribution in [2.24, 2.45) is 0 Å². The number of halogens is 1. The van der Waals surface area contributed by atoms with Crippen LogP contribution in [0.4, 0.5) is 5.82 Å². The van der Waals surface area contributed by atoms with Crippen LogP contribution in [0.3, 0.4) is 0 Å². The number of carbonyl (C=O) groups is 1. The van der Waals surface area contributed by atoms with E-state index in [1.807, 2.05) is 11.4 Å². The molecule has 0 aliphatic carbocycles. The van der Waals surface area contributed by atoms with Gasteiger partial charge in [-0.05, 0) is 22.0 Å². The second-order valence-corrected chi connectivity index (χ2v) is 5.09. The van der Waals surface area contributed by atoms with Crippen LogP contribution in [0.25, 0.3) is 0 Å². The minimum Gasteiger partial charge on any atom is -0.476 e. The zero-order chi connectivity index (χ0) is 12.3. The lowest BCUT2D eigenvalue weighted by Crippen LogP contribution is -2.06. The van der Waals surface area contributed by atoms with Crippen molar-refractivity contribution >= 4 is 39.1 Å². The van der Waals surface area contributed by atoms with Gasteiger partial charge in [-0.1, -0.05) is 0 Å². The number of rotatable bonds is 4. The van der Waals surface area contributed by atoms with Crippen LogP contribution in [0.1, 0.15) is 15.4 Å². The van der Waals surface area contributed by atoms with Crippen molar-refractivity contribution in [1.29, 1.82) is 0 Å². The van der Waals surface area contributed by atoms with Crippen LogP contribution in [0.2, 0.25) is 0 Å². The van der Waals surface area contributed by atoms with E-state index < -0.39 is 5.97 Å². The van der Waals surface area contributed by atoms with Crippen molar-refractivity contribution in [2.45, 2.75) is 6.54 Å². The maximum absolute atomic E-state index is 10.7. The highest BCUT2D eigenvalue weighted by molar-refractivity contribution is 9.10. The Bertz CT molecular complexity index is 544. The number of thiophene rings is 1. The van der Waals surface area contributed by atoms with E-state index in [-0.39, 0.29) is 5.69 Å². The van der Waals surface area contributed by atoms with Gasteiger partial charge in [-0.15, -0.1) is 11.3 Å². The van der Waals surface area contributed by atoms with Crippen LogP contribution >= 0.6 is 27.3 Å². The largest absolute Gasteiger partial charge is 0.476 e. The summed E-state index contributed by atoms with van der Waals surface area (Å²) in [5, 5.41) is 13.8. The molecule has 0 atom stereocenters. The summed E-state index contributed by atoms with van der Waals surface area (Å²) < 4.78 is 1.03. The minimum atomic E-state index is -1.08. The van der Waals surface area contributed by atoms with E-state index in [0.29, 0.717) is 12.4 Å². The topological polar surface area (TPSA) is 75.1 Å². The Kier molecular flexibility index (Phi) is 3.70. The van der Waals surface area contributed by atoms with E-state index in [9.17, 15) is 4.79 Å². The lowest BCUT2D eigenvalue weighted by atomic mass is 10.4. The summed E-state index contributed by atoms with van der Waals surface area (Å²) in [7, 11) is 0. The Labute approximate surface area is 110 Å². The van der Waals surface area contributed by atoms with Gasteiger partial charge in [0, 0.05) is 14.7 Å². The van der Waals surface area contributed by atoms with Gasteiger partial charge in [0.2, 0.25) is 0 Å². The number of aromatic carboxylic acids is 1. The molecule has 5 nitrogen and oxygen atoms in total. The lowest BCUT2D eigenvalue weighted by molar-refractivity contribution is 0.0690. The molecule has 0 fully saturated rings. The number of hydrogen-bond acceptors (Lipinski definition) is 5. The van der Waals surface area contributed by atoms with E-state index >= 15 is 0 Å². The van der Waals surface area contributed by atoms with E-state index in [1.54, 1.807) is 11.3 Å². The molecule has 88 valence electrons. The first-order valence-electron chi connectivity index (χ1n) is 4.67. The summed E-state index contributed by atoms with van der Waals surface area (Å²) in [6, 6.07) is 1.99. The number of nitrogens with zero attached hydrogens (tertiary/aromatic N) is 2. The highest BCUT2D eigenvalue weighted by atomic mass is 79.9. The van der Waals surface area contributed by atoms with Gasteiger partial charge in [0.1, 0.15) is 5.82 Å². The lowest BCUT2D eigenvalue weighted by Gasteiger charge is -2.03. The van der Waals surface area contributed by atoms with Crippen molar-refractivity contribution in [1.82, 2.24) is 9.97 Å². The van der Waals surface area contributed by atoms with Gasteiger partial charge in [-0.2, -0.15) is 0 Å². The number of anilines is 1. The van der Waals surface area contributed by atoms with Crippen molar-refractivity contribution in [3.05, 3.63) is 38.9 Å². The Morgan fingerprint density at radius 1 is 1.53 bits per heavy atom. The summed E-state index contributed by atoms with van der Waals surface area (Å²) >= 11 is 4.97. The molecule has 17 heavy (non-hydrogen) atoms. The maximum atomic E-state index is 10.7. The van der Waals surface area contributed by atoms with Gasteiger partial charge in [-0.25, -0.2) is 9.78 Å². The highest BCUT2D eigenvalue weighted by Gasteiger charge is 2.06. The first-order valence-corrected chi connectivity index (χ1v) is 6.34. The molecule has 2 N–H and O–H groups in total. The normalized spacial score (nSPS) is 10.2. The number of hydrogen-bond donors (Lipinski definition) is 2. The summed E-state index contributed by atoms with van der Waals surface area (Å²) in [5.74, 6) is -0.630. The van der Waals surface area contributed by atoms with Crippen LogP contribution < -0.4 is 5.32 Å². The van der Waals surface area contributed by atoms with E-state index in [2.05, 4.69) is 31.2 Å². The molecule has 0 unspecified atom stereocenters. The third kappa shape index (κ3) is 3.24. The molecule has 0 saturated heterocycles. The first-order chi connectivity index (χ1) is 8.15. The maximum Gasteiger partial charge on any atom is 0.356 e. The third-order valence-electron chi connectivity index (χ3n) is 1.92. The minimum absolute atomic E-state index is 0.0673.